The van der Waals surface area contributed by atoms with Crippen LogP contribution >= 0.6 is 0 Å². The molecule has 24 heavy (non-hydrogen) atoms. The molecule has 3 rings (SSSR count). The number of ether oxygens (including phenoxy) is 2. The number of benzene rings is 2. The molecule has 0 fully saturated rings. The van der Waals surface area contributed by atoms with Gasteiger partial charge in [-0.3, -0.25) is 0 Å². The van der Waals surface area contributed by atoms with Crippen molar-refractivity contribution in [1.29, 1.82) is 0 Å². The zero-order valence-corrected chi connectivity index (χ0v) is 14.0. The fraction of sp³-hybridized carbons (Fsp3) is 0.200. The highest BCUT2D eigenvalue weighted by Gasteiger charge is 2.19. The number of hydrogen-bond acceptors (Lipinski definition) is 4. The maximum absolute atomic E-state index is 11.9. The van der Waals surface area contributed by atoms with Gasteiger partial charge in [0.2, 0.25) is 0 Å². The molecule has 4 heteroatoms. The number of pyridine rings is 1. The number of esters is 1. The van der Waals surface area contributed by atoms with E-state index in [2.05, 4.69) is 29.2 Å². The van der Waals surface area contributed by atoms with Gasteiger partial charge in [0.05, 0.1) is 14.2 Å². The molecular formula is C20H19NO3. The van der Waals surface area contributed by atoms with Crippen molar-refractivity contribution in [3.05, 3.63) is 71.0 Å². The zero-order valence-electron chi connectivity index (χ0n) is 14.0. The molecule has 0 bridgehead atoms. The summed E-state index contributed by atoms with van der Waals surface area (Å²) in [5.74, 6) is -0.0427. The van der Waals surface area contributed by atoms with Crippen LogP contribution in [0.4, 0.5) is 0 Å². The molecule has 1 aromatic heterocycles. The normalized spacial score (nSPS) is 10.6. The Kier molecular flexibility index (Phi) is 4.47. The SMILES string of the molecule is COC(=O)c1nc(C)c2cc(Cc3ccccc3)ccc2c1OC. The van der Waals surface area contributed by atoms with Crippen molar-refractivity contribution in [1.82, 2.24) is 4.98 Å². The Morgan fingerprint density at radius 1 is 1.00 bits per heavy atom. The molecule has 0 atom stereocenters. The van der Waals surface area contributed by atoms with Crippen LogP contribution in [0, 0.1) is 6.92 Å². The van der Waals surface area contributed by atoms with E-state index in [1.54, 1.807) is 0 Å². The Morgan fingerprint density at radius 3 is 2.42 bits per heavy atom. The topological polar surface area (TPSA) is 48.4 Å². The minimum absolute atomic E-state index is 0.209. The van der Waals surface area contributed by atoms with E-state index in [0.29, 0.717) is 5.75 Å². The highest BCUT2D eigenvalue weighted by Crippen LogP contribution is 2.32. The van der Waals surface area contributed by atoms with Crippen LogP contribution in [0.15, 0.2) is 48.5 Å². The van der Waals surface area contributed by atoms with E-state index >= 15 is 0 Å². The second-order valence-electron chi connectivity index (χ2n) is 5.61. The number of methoxy groups -OCH3 is 2. The second kappa shape index (κ2) is 6.71. The van der Waals surface area contributed by atoms with Crippen LogP contribution in [0.1, 0.15) is 27.3 Å². The summed E-state index contributed by atoms with van der Waals surface area (Å²) >= 11 is 0. The molecule has 1 heterocycles. The molecule has 4 nitrogen and oxygen atoms in total. The first-order valence-electron chi connectivity index (χ1n) is 7.73. The highest BCUT2D eigenvalue weighted by atomic mass is 16.5. The summed E-state index contributed by atoms with van der Waals surface area (Å²) in [5, 5.41) is 1.84. The first-order valence-corrected chi connectivity index (χ1v) is 7.73. The van der Waals surface area contributed by atoms with Crippen LogP contribution in [0.25, 0.3) is 10.8 Å². The number of nitrogens with zero attached hydrogens (tertiary/aromatic N) is 1. The van der Waals surface area contributed by atoms with E-state index in [4.69, 9.17) is 9.47 Å². The summed E-state index contributed by atoms with van der Waals surface area (Å²) < 4.78 is 10.2. The molecular weight excluding hydrogens is 302 g/mol. The number of aromatic nitrogens is 1. The number of aryl methyl sites for hydroxylation is 1. The summed E-state index contributed by atoms with van der Waals surface area (Å²) in [6.45, 7) is 1.89. The van der Waals surface area contributed by atoms with E-state index in [1.807, 2.05) is 31.2 Å². The fourth-order valence-corrected chi connectivity index (χ4v) is 2.88. The minimum Gasteiger partial charge on any atom is -0.494 e. The second-order valence-corrected chi connectivity index (χ2v) is 5.61. The van der Waals surface area contributed by atoms with Crippen molar-refractivity contribution in [2.75, 3.05) is 14.2 Å². The molecule has 0 spiro atoms. The van der Waals surface area contributed by atoms with Gasteiger partial charge in [0, 0.05) is 16.5 Å². The van der Waals surface area contributed by atoms with E-state index in [1.165, 1.54) is 25.3 Å². The number of fused-ring (bicyclic) bond motifs is 1. The number of rotatable bonds is 4. The van der Waals surface area contributed by atoms with Gasteiger partial charge in [0.15, 0.2) is 11.4 Å². The Labute approximate surface area is 141 Å². The lowest BCUT2D eigenvalue weighted by molar-refractivity contribution is 0.0590. The minimum atomic E-state index is -0.495. The number of hydrogen-bond donors (Lipinski definition) is 0. The summed E-state index contributed by atoms with van der Waals surface area (Å²) in [5.41, 5.74) is 3.43. The van der Waals surface area contributed by atoms with Gasteiger partial charge in [-0.15, -0.1) is 0 Å². The standard InChI is InChI=1S/C20H19NO3/c1-13-17-12-15(11-14-7-5-4-6-8-14)9-10-16(17)19(23-2)18(21-13)20(22)24-3/h4-10,12H,11H2,1-3H3. The third kappa shape index (κ3) is 2.95. The number of carbonyl (C=O) groups excluding carboxylic acids is 1. The Bertz CT molecular complexity index is 888. The van der Waals surface area contributed by atoms with Crippen LogP contribution in [0.5, 0.6) is 5.75 Å². The van der Waals surface area contributed by atoms with E-state index in [-0.39, 0.29) is 5.69 Å². The van der Waals surface area contributed by atoms with Gasteiger partial charge in [-0.1, -0.05) is 42.5 Å². The molecule has 0 aliphatic rings. The van der Waals surface area contributed by atoms with Crippen LogP contribution < -0.4 is 4.74 Å². The predicted octanol–water partition coefficient (Wildman–Crippen LogP) is 3.93. The van der Waals surface area contributed by atoms with Crippen molar-refractivity contribution in [3.8, 4) is 5.75 Å². The zero-order chi connectivity index (χ0) is 17.1. The Hall–Kier alpha value is -2.88. The monoisotopic (exact) mass is 321 g/mol. The third-order valence-electron chi connectivity index (χ3n) is 4.05. The van der Waals surface area contributed by atoms with Crippen LogP contribution in [0.2, 0.25) is 0 Å². The number of carbonyl (C=O) groups is 1. The molecule has 2 aromatic carbocycles. The van der Waals surface area contributed by atoms with Crippen molar-refractivity contribution in [3.63, 3.8) is 0 Å². The first kappa shape index (κ1) is 16.0. The molecule has 0 amide bonds. The average molecular weight is 321 g/mol. The summed E-state index contributed by atoms with van der Waals surface area (Å²) in [4.78, 5) is 16.3. The highest BCUT2D eigenvalue weighted by molar-refractivity contribution is 6.00. The largest absolute Gasteiger partial charge is 0.494 e. The van der Waals surface area contributed by atoms with E-state index in [0.717, 1.165) is 22.9 Å². The molecule has 0 aliphatic carbocycles. The van der Waals surface area contributed by atoms with Crippen molar-refractivity contribution in [2.24, 2.45) is 0 Å². The Balaban J connectivity index is 2.10. The maximum Gasteiger partial charge on any atom is 0.360 e. The molecule has 0 saturated carbocycles. The third-order valence-corrected chi connectivity index (χ3v) is 4.05. The van der Waals surface area contributed by atoms with Gasteiger partial charge in [0.1, 0.15) is 0 Å². The lowest BCUT2D eigenvalue weighted by atomic mass is 10.00. The summed E-state index contributed by atoms with van der Waals surface area (Å²) in [6.07, 6.45) is 0.845. The fourth-order valence-electron chi connectivity index (χ4n) is 2.88. The molecule has 0 saturated heterocycles. The van der Waals surface area contributed by atoms with Crippen molar-refractivity contribution >= 4 is 16.7 Å². The summed E-state index contributed by atoms with van der Waals surface area (Å²) in [6, 6.07) is 16.4. The van der Waals surface area contributed by atoms with Gasteiger partial charge < -0.3 is 9.47 Å². The van der Waals surface area contributed by atoms with Crippen molar-refractivity contribution in [2.45, 2.75) is 13.3 Å². The van der Waals surface area contributed by atoms with Gasteiger partial charge in [0.25, 0.3) is 0 Å². The molecule has 0 radical (unpaired) electrons. The average Bonchev–Trinajstić information content (AvgIpc) is 2.62. The van der Waals surface area contributed by atoms with Gasteiger partial charge in [-0.05, 0) is 30.5 Å². The van der Waals surface area contributed by atoms with Gasteiger partial charge in [-0.2, -0.15) is 0 Å². The van der Waals surface area contributed by atoms with Gasteiger partial charge in [-0.25, -0.2) is 9.78 Å². The van der Waals surface area contributed by atoms with E-state index in [9.17, 15) is 4.79 Å². The Morgan fingerprint density at radius 2 is 1.75 bits per heavy atom. The van der Waals surface area contributed by atoms with Crippen molar-refractivity contribution < 1.29 is 14.3 Å². The van der Waals surface area contributed by atoms with Crippen LogP contribution in [-0.2, 0) is 11.2 Å². The van der Waals surface area contributed by atoms with Crippen LogP contribution in [-0.4, -0.2) is 25.2 Å². The lowest BCUT2D eigenvalue weighted by Gasteiger charge is -2.13. The van der Waals surface area contributed by atoms with E-state index < -0.39 is 5.97 Å². The molecule has 0 N–H and O–H groups in total. The predicted molar refractivity (Wildman–Crippen MR) is 93.6 cm³/mol. The quantitative estimate of drug-likeness (QED) is 0.683. The molecule has 0 aliphatic heterocycles. The lowest BCUT2D eigenvalue weighted by Crippen LogP contribution is -2.09. The maximum atomic E-state index is 11.9. The van der Waals surface area contributed by atoms with Crippen LogP contribution in [0.3, 0.4) is 0 Å². The molecule has 122 valence electrons. The molecule has 0 unspecified atom stereocenters. The van der Waals surface area contributed by atoms with Gasteiger partial charge >= 0.3 is 5.97 Å². The summed E-state index contributed by atoms with van der Waals surface area (Å²) in [7, 11) is 2.88. The molecule has 3 aromatic rings. The first-order chi connectivity index (χ1) is 11.6. The smallest absolute Gasteiger partial charge is 0.360 e.